The molecule has 0 N–H and O–H groups in total. The van der Waals surface area contributed by atoms with Crippen molar-refractivity contribution < 1.29 is 8.78 Å². The first-order valence-electron chi connectivity index (χ1n) is 7.96. The highest BCUT2D eigenvalue weighted by Crippen LogP contribution is 2.31. The van der Waals surface area contributed by atoms with E-state index < -0.39 is 11.6 Å². The van der Waals surface area contributed by atoms with Gasteiger partial charge in [-0.2, -0.15) is 0 Å². The van der Waals surface area contributed by atoms with Crippen LogP contribution in [0.3, 0.4) is 0 Å². The Morgan fingerprint density at radius 3 is 2.50 bits per heavy atom. The van der Waals surface area contributed by atoms with Gasteiger partial charge < -0.3 is 4.57 Å². The van der Waals surface area contributed by atoms with Crippen molar-refractivity contribution in [3.8, 4) is 0 Å². The fourth-order valence-corrected chi connectivity index (χ4v) is 3.58. The molecule has 0 atom stereocenters. The molecule has 2 aromatic carbocycles. The Labute approximate surface area is 152 Å². The van der Waals surface area contributed by atoms with Crippen LogP contribution in [-0.4, -0.2) is 19.7 Å². The Bertz CT molecular complexity index is 1070. The van der Waals surface area contributed by atoms with Gasteiger partial charge in [0.25, 0.3) is 0 Å². The van der Waals surface area contributed by atoms with Crippen LogP contribution in [0.25, 0.3) is 10.9 Å². The summed E-state index contributed by atoms with van der Waals surface area (Å²) < 4.78 is 29.5. The van der Waals surface area contributed by atoms with E-state index >= 15 is 0 Å². The predicted octanol–water partition coefficient (Wildman–Crippen LogP) is 4.38. The summed E-state index contributed by atoms with van der Waals surface area (Å²) in [6.45, 7) is 0. The molecule has 0 spiro atoms. The molecule has 0 bridgehead atoms. The molecule has 7 heteroatoms. The Morgan fingerprint density at radius 1 is 0.962 bits per heavy atom. The van der Waals surface area contributed by atoms with Gasteiger partial charge in [-0.3, -0.25) is 4.98 Å². The van der Waals surface area contributed by atoms with E-state index in [1.165, 1.54) is 18.2 Å². The Kier molecular flexibility index (Phi) is 4.38. The van der Waals surface area contributed by atoms with Crippen molar-refractivity contribution in [2.75, 3.05) is 0 Å². The SMILES string of the molecule is Cn1c(Cc2cccc3cccnc23)nnc1Sc1c(F)cccc1F. The highest BCUT2D eigenvalue weighted by molar-refractivity contribution is 7.99. The number of hydrogen-bond donors (Lipinski definition) is 0. The first kappa shape index (κ1) is 16.7. The lowest BCUT2D eigenvalue weighted by molar-refractivity contribution is 0.540. The molecule has 0 unspecified atom stereocenters. The van der Waals surface area contributed by atoms with Crippen LogP contribution < -0.4 is 0 Å². The van der Waals surface area contributed by atoms with Crippen LogP contribution in [-0.2, 0) is 13.5 Å². The molecular weight excluding hydrogens is 354 g/mol. The minimum atomic E-state index is -0.613. The number of pyridine rings is 1. The molecule has 0 saturated heterocycles. The lowest BCUT2D eigenvalue weighted by atomic mass is 10.1. The molecule has 0 saturated carbocycles. The fourth-order valence-electron chi connectivity index (χ4n) is 2.74. The van der Waals surface area contributed by atoms with E-state index in [1.54, 1.807) is 17.8 Å². The summed E-state index contributed by atoms with van der Waals surface area (Å²) in [5, 5.41) is 9.76. The minimum Gasteiger partial charge on any atom is -0.309 e. The summed E-state index contributed by atoms with van der Waals surface area (Å²) >= 11 is 0.926. The molecule has 0 fully saturated rings. The summed E-state index contributed by atoms with van der Waals surface area (Å²) in [4.78, 5) is 4.36. The summed E-state index contributed by atoms with van der Waals surface area (Å²) in [6.07, 6.45) is 2.28. The number of hydrogen-bond acceptors (Lipinski definition) is 4. The van der Waals surface area contributed by atoms with Crippen LogP contribution >= 0.6 is 11.8 Å². The van der Waals surface area contributed by atoms with Crippen molar-refractivity contribution in [2.24, 2.45) is 7.05 Å². The van der Waals surface area contributed by atoms with Gasteiger partial charge in [-0.05, 0) is 35.5 Å². The van der Waals surface area contributed by atoms with Crippen molar-refractivity contribution >= 4 is 22.7 Å². The van der Waals surface area contributed by atoms with Gasteiger partial charge in [0.05, 0.1) is 10.4 Å². The number of nitrogens with zero attached hydrogens (tertiary/aromatic N) is 4. The number of benzene rings is 2. The summed E-state index contributed by atoms with van der Waals surface area (Å²) in [5.41, 5.74) is 1.93. The van der Waals surface area contributed by atoms with Crippen LogP contribution in [0.2, 0.25) is 0 Å². The second-order valence-electron chi connectivity index (χ2n) is 5.78. The molecule has 4 nitrogen and oxygen atoms in total. The number of para-hydroxylation sites is 1. The third-order valence-corrected chi connectivity index (χ3v) is 5.23. The molecular formula is C19H14F2N4S. The van der Waals surface area contributed by atoms with Gasteiger partial charge in [0.15, 0.2) is 5.16 Å². The van der Waals surface area contributed by atoms with Crippen molar-refractivity contribution in [1.29, 1.82) is 0 Å². The molecule has 0 aliphatic carbocycles. The van der Waals surface area contributed by atoms with E-state index in [4.69, 9.17) is 0 Å². The van der Waals surface area contributed by atoms with Crippen LogP contribution in [0.1, 0.15) is 11.4 Å². The molecule has 26 heavy (non-hydrogen) atoms. The molecule has 0 aliphatic heterocycles. The van der Waals surface area contributed by atoms with Crippen molar-refractivity contribution in [3.63, 3.8) is 0 Å². The Balaban J connectivity index is 1.65. The van der Waals surface area contributed by atoms with Gasteiger partial charge in [-0.25, -0.2) is 8.78 Å². The normalized spacial score (nSPS) is 11.2. The molecule has 4 rings (SSSR count). The van der Waals surface area contributed by atoms with Crippen LogP contribution in [0.15, 0.2) is 64.8 Å². The first-order valence-corrected chi connectivity index (χ1v) is 8.78. The van der Waals surface area contributed by atoms with E-state index in [9.17, 15) is 8.78 Å². The van der Waals surface area contributed by atoms with E-state index in [0.717, 1.165) is 28.2 Å². The predicted molar refractivity (Wildman–Crippen MR) is 96.0 cm³/mol. The zero-order chi connectivity index (χ0) is 18.1. The smallest absolute Gasteiger partial charge is 0.195 e. The van der Waals surface area contributed by atoms with Gasteiger partial charge in [0, 0.05) is 25.1 Å². The van der Waals surface area contributed by atoms with E-state index in [1.807, 2.05) is 30.3 Å². The van der Waals surface area contributed by atoms with Crippen LogP contribution in [0, 0.1) is 11.6 Å². The van der Waals surface area contributed by atoms with E-state index in [-0.39, 0.29) is 4.90 Å². The number of rotatable bonds is 4. The van der Waals surface area contributed by atoms with Crippen molar-refractivity contribution in [2.45, 2.75) is 16.5 Å². The third-order valence-electron chi connectivity index (χ3n) is 4.10. The zero-order valence-electron chi connectivity index (χ0n) is 13.9. The molecule has 2 heterocycles. The number of aromatic nitrogens is 4. The maximum atomic E-state index is 13.9. The number of fused-ring (bicyclic) bond motifs is 1. The summed E-state index contributed by atoms with van der Waals surface area (Å²) in [6, 6.07) is 13.7. The quantitative estimate of drug-likeness (QED) is 0.536. The maximum Gasteiger partial charge on any atom is 0.195 e. The average Bonchev–Trinajstić information content (AvgIpc) is 2.98. The minimum absolute atomic E-state index is 0.0821. The summed E-state index contributed by atoms with van der Waals surface area (Å²) in [5.74, 6) is -0.530. The van der Waals surface area contributed by atoms with Gasteiger partial charge >= 0.3 is 0 Å². The highest BCUT2D eigenvalue weighted by Gasteiger charge is 2.16. The molecule has 0 radical (unpaired) electrons. The van der Waals surface area contributed by atoms with E-state index in [0.29, 0.717) is 17.4 Å². The third kappa shape index (κ3) is 3.06. The van der Waals surface area contributed by atoms with Crippen LogP contribution in [0.4, 0.5) is 8.78 Å². The van der Waals surface area contributed by atoms with Crippen molar-refractivity contribution in [3.05, 3.63) is 77.8 Å². The highest BCUT2D eigenvalue weighted by atomic mass is 32.2. The molecule has 4 aromatic rings. The second kappa shape index (κ2) is 6.84. The Hall–Kier alpha value is -2.80. The molecule has 130 valence electrons. The van der Waals surface area contributed by atoms with Gasteiger partial charge in [0.1, 0.15) is 17.5 Å². The Morgan fingerprint density at radius 2 is 1.69 bits per heavy atom. The average molecular weight is 368 g/mol. The van der Waals surface area contributed by atoms with Gasteiger partial charge in [-0.15, -0.1) is 10.2 Å². The largest absolute Gasteiger partial charge is 0.309 e. The lowest BCUT2D eigenvalue weighted by Gasteiger charge is -2.07. The molecule has 2 aromatic heterocycles. The zero-order valence-corrected chi connectivity index (χ0v) is 14.7. The molecule has 0 amide bonds. The first-order chi connectivity index (χ1) is 12.6. The summed E-state index contributed by atoms with van der Waals surface area (Å²) in [7, 11) is 1.79. The van der Waals surface area contributed by atoms with Crippen molar-refractivity contribution in [1.82, 2.24) is 19.7 Å². The van der Waals surface area contributed by atoms with E-state index in [2.05, 4.69) is 15.2 Å². The standard InChI is InChI=1S/C19H14F2N4S/c1-25-16(11-13-6-2-5-12-7-4-10-22-17(12)13)23-24-19(25)26-18-14(20)8-3-9-15(18)21/h2-10H,11H2,1H3. The topological polar surface area (TPSA) is 43.6 Å². The lowest BCUT2D eigenvalue weighted by Crippen LogP contribution is -2.01. The second-order valence-corrected chi connectivity index (χ2v) is 6.76. The fraction of sp³-hybridized carbons (Fsp3) is 0.105. The molecule has 0 aliphatic rings. The van der Waals surface area contributed by atoms with Crippen LogP contribution in [0.5, 0.6) is 0 Å². The maximum absolute atomic E-state index is 13.9. The number of halogens is 2. The van der Waals surface area contributed by atoms with Gasteiger partial charge in [0.2, 0.25) is 0 Å². The monoisotopic (exact) mass is 368 g/mol. The van der Waals surface area contributed by atoms with Gasteiger partial charge in [-0.1, -0.05) is 30.3 Å².